The number of hydrogen-bond acceptors (Lipinski definition) is 10. The highest BCUT2D eigenvalue weighted by molar-refractivity contribution is 7.22. The summed E-state index contributed by atoms with van der Waals surface area (Å²) in [7, 11) is 0. The summed E-state index contributed by atoms with van der Waals surface area (Å²) in [6.45, 7) is 7.93. The van der Waals surface area contributed by atoms with Crippen molar-refractivity contribution in [3.8, 4) is 28.7 Å². The number of fused-ring (bicyclic) bond motifs is 2. The van der Waals surface area contributed by atoms with E-state index in [2.05, 4.69) is 0 Å². The molecule has 0 saturated carbocycles. The fourth-order valence-electron chi connectivity index (χ4n) is 5.24. The molecule has 1 N–H and O–H groups in total. The molecule has 4 aromatic rings. The summed E-state index contributed by atoms with van der Waals surface area (Å²) in [5.41, 5.74) is 1.44. The van der Waals surface area contributed by atoms with Gasteiger partial charge in [-0.1, -0.05) is 24.3 Å². The van der Waals surface area contributed by atoms with Crippen LogP contribution in [0, 0.1) is 0 Å². The molecule has 10 nitrogen and oxygen atoms in total. The first-order valence-corrected chi connectivity index (χ1v) is 15.4. The largest absolute Gasteiger partial charge is 0.507 e. The molecule has 0 spiro atoms. The molecule has 228 valence electrons. The number of thiazole rings is 1. The number of carbonyl (C=O) groups excluding carboxylic acids is 2. The van der Waals surface area contributed by atoms with Gasteiger partial charge >= 0.3 is 5.91 Å². The van der Waals surface area contributed by atoms with Crippen LogP contribution in [0.1, 0.15) is 44.4 Å². The smallest absolute Gasteiger partial charge is 0.301 e. The van der Waals surface area contributed by atoms with Gasteiger partial charge in [-0.25, -0.2) is 4.98 Å². The Morgan fingerprint density at radius 3 is 2.50 bits per heavy atom. The second-order valence-corrected chi connectivity index (χ2v) is 11.1. The maximum atomic E-state index is 13.8. The number of aliphatic hydroxyl groups excluding tert-OH is 1. The predicted octanol–water partition coefficient (Wildman–Crippen LogP) is 6.28. The molecule has 1 atom stereocenters. The molecule has 0 bridgehead atoms. The van der Waals surface area contributed by atoms with Crippen molar-refractivity contribution in [2.75, 3.05) is 37.9 Å². The van der Waals surface area contributed by atoms with E-state index in [-0.39, 0.29) is 11.3 Å². The molecule has 3 aromatic carbocycles. The van der Waals surface area contributed by atoms with E-state index in [0.29, 0.717) is 83.6 Å². The van der Waals surface area contributed by atoms with Gasteiger partial charge in [-0.2, -0.15) is 0 Å². The van der Waals surface area contributed by atoms with Crippen LogP contribution in [-0.2, 0) is 9.59 Å². The van der Waals surface area contributed by atoms with Crippen LogP contribution in [-0.4, -0.2) is 54.8 Å². The molecule has 0 radical (unpaired) electrons. The quantitative estimate of drug-likeness (QED) is 0.125. The van der Waals surface area contributed by atoms with Crippen molar-refractivity contribution in [3.05, 3.63) is 71.3 Å². The van der Waals surface area contributed by atoms with Crippen LogP contribution in [0.5, 0.6) is 28.7 Å². The van der Waals surface area contributed by atoms with E-state index < -0.39 is 17.7 Å². The van der Waals surface area contributed by atoms with E-state index in [1.165, 1.54) is 16.2 Å². The molecule has 1 amide bonds. The number of rotatable bonds is 10. The summed E-state index contributed by atoms with van der Waals surface area (Å²) < 4.78 is 29.6. The van der Waals surface area contributed by atoms with Gasteiger partial charge < -0.3 is 28.8 Å². The van der Waals surface area contributed by atoms with Crippen molar-refractivity contribution in [1.82, 2.24) is 4.98 Å². The molecule has 1 aromatic heterocycles. The van der Waals surface area contributed by atoms with Gasteiger partial charge in [0.25, 0.3) is 5.78 Å². The van der Waals surface area contributed by atoms with Crippen LogP contribution >= 0.6 is 11.3 Å². The third kappa shape index (κ3) is 5.39. The summed E-state index contributed by atoms with van der Waals surface area (Å²) in [6.07, 6.45) is 0.811. The number of benzene rings is 3. The van der Waals surface area contributed by atoms with Gasteiger partial charge in [0.1, 0.15) is 24.7 Å². The first-order chi connectivity index (χ1) is 21.4. The minimum absolute atomic E-state index is 0.0781. The van der Waals surface area contributed by atoms with E-state index in [1.807, 2.05) is 39.0 Å². The molecular weight excluding hydrogens is 584 g/mol. The number of Topliss-reactive ketones (excluding diaryl/α,β-unsaturated/α-hetero) is 1. The Morgan fingerprint density at radius 2 is 1.73 bits per heavy atom. The fraction of sp³-hybridized carbons (Fsp3) is 0.303. The number of aliphatic hydroxyl groups is 1. The van der Waals surface area contributed by atoms with Gasteiger partial charge in [0.05, 0.1) is 41.7 Å². The zero-order valence-corrected chi connectivity index (χ0v) is 25.4. The van der Waals surface area contributed by atoms with Gasteiger partial charge in [0.15, 0.2) is 28.1 Å². The van der Waals surface area contributed by atoms with E-state index >= 15 is 0 Å². The highest BCUT2D eigenvalue weighted by Gasteiger charge is 2.48. The molecule has 6 rings (SSSR count). The lowest BCUT2D eigenvalue weighted by Crippen LogP contribution is -2.29. The van der Waals surface area contributed by atoms with Crippen LogP contribution in [0.2, 0.25) is 0 Å². The van der Waals surface area contributed by atoms with Gasteiger partial charge in [-0.3, -0.25) is 14.5 Å². The second kappa shape index (κ2) is 12.5. The molecule has 1 fully saturated rings. The highest BCUT2D eigenvalue weighted by atomic mass is 32.1. The number of hydrogen-bond donors (Lipinski definition) is 1. The average Bonchev–Trinajstić information content (AvgIpc) is 3.57. The summed E-state index contributed by atoms with van der Waals surface area (Å²) in [4.78, 5) is 33.7. The number of nitrogens with zero attached hydrogens (tertiary/aromatic N) is 2. The Kier molecular flexibility index (Phi) is 8.30. The molecule has 2 aliphatic rings. The van der Waals surface area contributed by atoms with E-state index in [1.54, 1.807) is 36.4 Å². The predicted molar refractivity (Wildman–Crippen MR) is 166 cm³/mol. The Hall–Kier alpha value is -4.77. The summed E-state index contributed by atoms with van der Waals surface area (Å²) in [6, 6.07) is 14.7. The molecule has 1 unspecified atom stereocenters. The summed E-state index contributed by atoms with van der Waals surface area (Å²) in [5.74, 6) is 0.698. The topological polar surface area (TPSA) is 117 Å². The van der Waals surface area contributed by atoms with E-state index in [9.17, 15) is 14.7 Å². The highest BCUT2D eigenvalue weighted by Crippen LogP contribution is 2.46. The van der Waals surface area contributed by atoms with Crippen LogP contribution < -0.4 is 28.6 Å². The molecular formula is C33H32N2O8S. The monoisotopic (exact) mass is 616 g/mol. The van der Waals surface area contributed by atoms with Gasteiger partial charge in [0, 0.05) is 5.56 Å². The number of ketones is 1. The maximum Gasteiger partial charge on any atom is 0.301 e. The molecule has 2 aliphatic heterocycles. The number of carbonyl (C=O) groups is 2. The van der Waals surface area contributed by atoms with Gasteiger partial charge in [0.2, 0.25) is 0 Å². The third-order valence-corrected chi connectivity index (χ3v) is 8.19. The first kappa shape index (κ1) is 29.3. The van der Waals surface area contributed by atoms with Gasteiger partial charge in [-0.05, 0) is 74.4 Å². The van der Waals surface area contributed by atoms with Crippen molar-refractivity contribution in [1.29, 1.82) is 0 Å². The van der Waals surface area contributed by atoms with Crippen LogP contribution in [0.3, 0.4) is 0 Å². The molecule has 1 saturated heterocycles. The Morgan fingerprint density at radius 1 is 0.932 bits per heavy atom. The minimum atomic E-state index is -1.01. The number of anilines is 1. The lowest BCUT2D eigenvalue weighted by atomic mass is 9.95. The zero-order valence-electron chi connectivity index (χ0n) is 24.6. The average molecular weight is 617 g/mol. The number of ether oxygens (including phenoxy) is 5. The van der Waals surface area contributed by atoms with Crippen LogP contribution in [0.25, 0.3) is 16.0 Å². The standard InChI is InChI=1S/C33H32N2O8S/c1-4-13-41-23-11-7-19(16-25(23)40-6-3)29-28(30(36)20-8-12-24-26(17-20)43-15-14-42-24)31(37)32(38)35(29)33-34-22-10-9-21(39-5-2)18-27(22)44-33/h7-12,16-18,29,36H,4-6,13-15H2,1-3H3. The first-order valence-electron chi connectivity index (χ1n) is 14.6. The Labute approximate surface area is 258 Å². The van der Waals surface area contributed by atoms with Crippen LogP contribution in [0.4, 0.5) is 5.13 Å². The molecule has 0 aliphatic carbocycles. The van der Waals surface area contributed by atoms with Crippen molar-refractivity contribution < 1.29 is 38.4 Å². The normalized spacial score (nSPS) is 17.2. The number of amides is 1. The molecule has 11 heteroatoms. The lowest BCUT2D eigenvalue weighted by Gasteiger charge is -2.24. The van der Waals surface area contributed by atoms with E-state index in [4.69, 9.17) is 28.7 Å². The number of aromatic nitrogens is 1. The van der Waals surface area contributed by atoms with Crippen molar-refractivity contribution >= 4 is 44.1 Å². The zero-order chi connectivity index (χ0) is 30.8. The second-order valence-electron chi connectivity index (χ2n) is 10.1. The fourth-order valence-corrected chi connectivity index (χ4v) is 6.26. The van der Waals surface area contributed by atoms with Crippen molar-refractivity contribution in [2.24, 2.45) is 0 Å². The van der Waals surface area contributed by atoms with Gasteiger partial charge in [-0.15, -0.1) is 0 Å². The minimum Gasteiger partial charge on any atom is -0.507 e. The third-order valence-electron chi connectivity index (χ3n) is 7.17. The summed E-state index contributed by atoms with van der Waals surface area (Å²) in [5, 5.41) is 12.0. The molecule has 3 heterocycles. The van der Waals surface area contributed by atoms with E-state index in [0.717, 1.165) is 11.1 Å². The lowest BCUT2D eigenvalue weighted by molar-refractivity contribution is -0.132. The van der Waals surface area contributed by atoms with Crippen molar-refractivity contribution in [3.63, 3.8) is 0 Å². The SMILES string of the molecule is CCCOc1ccc(C2C(=C(O)c3ccc4c(c3)OCCO4)C(=O)C(=O)N2c2nc3ccc(OCC)cc3s2)cc1OCC. The maximum absolute atomic E-state index is 13.8. The van der Waals surface area contributed by atoms with Crippen LogP contribution in [0.15, 0.2) is 60.2 Å². The van der Waals surface area contributed by atoms with Crippen molar-refractivity contribution in [2.45, 2.75) is 33.2 Å². The summed E-state index contributed by atoms with van der Waals surface area (Å²) >= 11 is 1.26. The molecule has 44 heavy (non-hydrogen) atoms. The Bertz CT molecular complexity index is 1760. The Balaban J connectivity index is 1.52.